The highest BCUT2D eigenvalue weighted by molar-refractivity contribution is 5.43. The van der Waals surface area contributed by atoms with E-state index in [0.717, 1.165) is 16.7 Å². The first-order chi connectivity index (χ1) is 9.72. The number of aromatic nitrogens is 1. The van der Waals surface area contributed by atoms with Gasteiger partial charge in [0.1, 0.15) is 6.61 Å². The van der Waals surface area contributed by atoms with Crippen molar-refractivity contribution >= 4 is 0 Å². The van der Waals surface area contributed by atoms with Crippen LogP contribution in [-0.4, -0.2) is 16.7 Å². The fourth-order valence-electron chi connectivity index (χ4n) is 1.90. The largest absolute Gasteiger partial charge is 0.490 e. The first-order valence-electron chi connectivity index (χ1n) is 6.63. The second-order valence-electron chi connectivity index (χ2n) is 4.53. The maximum absolute atomic E-state index is 9.15. The summed E-state index contributed by atoms with van der Waals surface area (Å²) in [7, 11) is 0. The summed E-state index contributed by atoms with van der Waals surface area (Å²) in [5.41, 5.74) is 2.92. The minimum atomic E-state index is -0.0118. The van der Waals surface area contributed by atoms with Crippen molar-refractivity contribution in [1.82, 2.24) is 4.98 Å². The zero-order valence-electron chi connectivity index (χ0n) is 11.8. The molecule has 1 heterocycles. The zero-order valence-corrected chi connectivity index (χ0v) is 11.8. The number of aliphatic hydroxyl groups is 1. The van der Waals surface area contributed by atoms with E-state index in [1.54, 1.807) is 12.3 Å². The number of hydrogen-bond acceptors (Lipinski definition) is 4. The Morgan fingerprint density at radius 1 is 1.05 bits per heavy atom. The summed E-state index contributed by atoms with van der Waals surface area (Å²) < 4.78 is 11.3. The lowest BCUT2D eigenvalue weighted by atomic mass is 10.2. The second-order valence-corrected chi connectivity index (χ2v) is 4.53. The Morgan fingerprint density at radius 3 is 2.60 bits per heavy atom. The second kappa shape index (κ2) is 6.91. The molecule has 0 aliphatic carbocycles. The molecule has 1 N–H and O–H groups in total. The normalized spacial score (nSPS) is 10.3. The highest BCUT2D eigenvalue weighted by Gasteiger charge is 2.07. The number of hydrogen-bond donors (Lipinski definition) is 1. The van der Waals surface area contributed by atoms with Crippen LogP contribution < -0.4 is 9.47 Å². The molecule has 0 saturated heterocycles. The summed E-state index contributed by atoms with van der Waals surface area (Å²) in [4.78, 5) is 4.14. The number of rotatable bonds is 6. The van der Waals surface area contributed by atoms with Crippen LogP contribution in [0.4, 0.5) is 0 Å². The Morgan fingerprint density at radius 2 is 1.90 bits per heavy atom. The van der Waals surface area contributed by atoms with E-state index in [2.05, 4.69) is 4.98 Å². The average molecular weight is 273 g/mol. The van der Waals surface area contributed by atoms with Gasteiger partial charge in [0.15, 0.2) is 11.5 Å². The van der Waals surface area contributed by atoms with Gasteiger partial charge in [-0.1, -0.05) is 6.07 Å². The smallest absolute Gasteiger partial charge is 0.161 e. The summed E-state index contributed by atoms with van der Waals surface area (Å²) in [5.74, 6) is 1.32. The van der Waals surface area contributed by atoms with E-state index in [4.69, 9.17) is 14.6 Å². The highest BCUT2D eigenvalue weighted by Crippen LogP contribution is 2.29. The van der Waals surface area contributed by atoms with E-state index in [1.807, 2.05) is 38.2 Å². The summed E-state index contributed by atoms with van der Waals surface area (Å²) in [6.07, 6.45) is 3.60. The van der Waals surface area contributed by atoms with Gasteiger partial charge < -0.3 is 14.6 Å². The van der Waals surface area contributed by atoms with E-state index >= 15 is 0 Å². The molecule has 2 rings (SSSR count). The summed E-state index contributed by atoms with van der Waals surface area (Å²) in [5, 5.41) is 9.15. The fraction of sp³-hybridized carbons (Fsp3) is 0.312. The van der Waals surface area contributed by atoms with Crippen LogP contribution in [0, 0.1) is 6.92 Å². The molecule has 0 fully saturated rings. The maximum Gasteiger partial charge on any atom is 0.161 e. The van der Waals surface area contributed by atoms with Gasteiger partial charge in [0, 0.05) is 18.0 Å². The Hall–Kier alpha value is -2.07. The first-order valence-corrected chi connectivity index (χ1v) is 6.63. The van der Waals surface area contributed by atoms with Crippen LogP contribution in [0.15, 0.2) is 36.7 Å². The summed E-state index contributed by atoms with van der Waals surface area (Å²) in [6.45, 7) is 4.89. The van der Waals surface area contributed by atoms with Crippen molar-refractivity contribution < 1.29 is 14.6 Å². The Kier molecular flexibility index (Phi) is 4.96. The number of ether oxygens (including phenoxy) is 2. The van der Waals surface area contributed by atoms with Crippen LogP contribution >= 0.6 is 0 Å². The Balaban J connectivity index is 2.12. The third-order valence-corrected chi connectivity index (χ3v) is 2.82. The Bertz CT molecular complexity index is 569. The number of pyridine rings is 1. The van der Waals surface area contributed by atoms with Crippen LogP contribution in [0.25, 0.3) is 0 Å². The molecule has 0 unspecified atom stereocenters. The lowest BCUT2D eigenvalue weighted by Crippen LogP contribution is -2.01. The molecule has 0 spiro atoms. The van der Waals surface area contributed by atoms with Crippen LogP contribution in [-0.2, 0) is 13.2 Å². The average Bonchev–Trinajstić information content (AvgIpc) is 2.46. The van der Waals surface area contributed by atoms with Crippen molar-refractivity contribution in [3.05, 3.63) is 53.3 Å². The molecule has 0 bridgehead atoms. The zero-order chi connectivity index (χ0) is 14.4. The van der Waals surface area contributed by atoms with Crippen LogP contribution in [0.2, 0.25) is 0 Å². The lowest BCUT2D eigenvalue weighted by Gasteiger charge is -2.13. The molecule has 0 radical (unpaired) electrons. The van der Waals surface area contributed by atoms with E-state index in [-0.39, 0.29) is 6.61 Å². The van der Waals surface area contributed by atoms with Gasteiger partial charge in [-0.15, -0.1) is 0 Å². The number of nitrogens with zero attached hydrogens (tertiary/aromatic N) is 1. The third kappa shape index (κ3) is 3.71. The van der Waals surface area contributed by atoms with Gasteiger partial charge >= 0.3 is 0 Å². The highest BCUT2D eigenvalue weighted by atomic mass is 16.5. The summed E-state index contributed by atoms with van der Waals surface area (Å²) >= 11 is 0. The molecule has 1 aromatic heterocycles. The van der Waals surface area contributed by atoms with Gasteiger partial charge in [-0.25, -0.2) is 0 Å². The maximum atomic E-state index is 9.15. The molecule has 2 aromatic rings. The van der Waals surface area contributed by atoms with Crippen molar-refractivity contribution in [1.29, 1.82) is 0 Å². The van der Waals surface area contributed by atoms with Crippen molar-refractivity contribution in [2.24, 2.45) is 0 Å². The SMILES string of the molecule is CCOc1cc(CO)ccc1OCc1cncc(C)c1. The van der Waals surface area contributed by atoms with Gasteiger partial charge in [0.2, 0.25) is 0 Å². The molecular formula is C16H19NO3. The van der Waals surface area contributed by atoms with Crippen LogP contribution in [0.5, 0.6) is 11.5 Å². The van der Waals surface area contributed by atoms with Gasteiger partial charge in [-0.2, -0.15) is 0 Å². The van der Waals surface area contributed by atoms with E-state index in [1.165, 1.54) is 0 Å². The molecule has 0 aliphatic heterocycles. The molecule has 0 aliphatic rings. The van der Waals surface area contributed by atoms with Crippen molar-refractivity contribution in [2.45, 2.75) is 27.1 Å². The molecule has 0 saturated carbocycles. The standard InChI is InChI=1S/C16H19NO3/c1-3-19-16-7-13(10-18)4-5-15(16)20-11-14-6-12(2)8-17-9-14/h4-9,18H,3,10-11H2,1-2H3. The monoisotopic (exact) mass is 273 g/mol. The van der Waals surface area contributed by atoms with Crippen LogP contribution in [0.3, 0.4) is 0 Å². The van der Waals surface area contributed by atoms with Gasteiger partial charge in [-0.3, -0.25) is 4.98 Å². The molecule has 4 nitrogen and oxygen atoms in total. The topological polar surface area (TPSA) is 51.6 Å². The van der Waals surface area contributed by atoms with E-state index in [9.17, 15) is 0 Å². The van der Waals surface area contributed by atoms with E-state index < -0.39 is 0 Å². The van der Waals surface area contributed by atoms with Gasteiger partial charge in [0.25, 0.3) is 0 Å². The molecule has 0 atom stereocenters. The first kappa shape index (κ1) is 14.3. The van der Waals surface area contributed by atoms with Crippen molar-refractivity contribution in [3.63, 3.8) is 0 Å². The molecule has 20 heavy (non-hydrogen) atoms. The minimum Gasteiger partial charge on any atom is -0.490 e. The Labute approximate surface area is 119 Å². The number of aryl methyl sites for hydroxylation is 1. The molecule has 0 amide bonds. The lowest BCUT2D eigenvalue weighted by molar-refractivity contribution is 0.263. The molecular weight excluding hydrogens is 254 g/mol. The fourth-order valence-corrected chi connectivity index (χ4v) is 1.90. The quantitative estimate of drug-likeness (QED) is 0.879. The van der Waals surface area contributed by atoms with E-state index in [0.29, 0.717) is 24.7 Å². The van der Waals surface area contributed by atoms with Crippen molar-refractivity contribution in [2.75, 3.05) is 6.61 Å². The molecule has 4 heteroatoms. The molecule has 1 aromatic carbocycles. The predicted octanol–water partition coefficient (Wildman–Crippen LogP) is 2.86. The minimum absolute atomic E-state index is 0.0118. The third-order valence-electron chi connectivity index (χ3n) is 2.82. The van der Waals surface area contributed by atoms with Gasteiger partial charge in [0.05, 0.1) is 13.2 Å². The van der Waals surface area contributed by atoms with Gasteiger partial charge in [-0.05, 0) is 43.2 Å². The summed E-state index contributed by atoms with van der Waals surface area (Å²) in [6, 6.07) is 7.48. The number of aliphatic hydroxyl groups excluding tert-OH is 1. The predicted molar refractivity (Wildman–Crippen MR) is 76.8 cm³/mol. The van der Waals surface area contributed by atoms with Crippen LogP contribution in [0.1, 0.15) is 23.6 Å². The number of benzene rings is 1. The molecule has 106 valence electrons. The van der Waals surface area contributed by atoms with Crippen molar-refractivity contribution in [3.8, 4) is 11.5 Å².